The zero-order chi connectivity index (χ0) is 34.0. The van der Waals surface area contributed by atoms with Crippen molar-refractivity contribution in [1.82, 2.24) is 5.32 Å². The number of likely N-dealkylation sites (N-methyl/N-ethyl adjacent to an activating group) is 1. The summed E-state index contributed by atoms with van der Waals surface area (Å²) in [7, 11) is -2.52. The van der Waals surface area contributed by atoms with E-state index in [1.54, 1.807) is 7.05 Å². The molecule has 2 unspecified atom stereocenters. The maximum atomic E-state index is 12.4. The van der Waals surface area contributed by atoms with Gasteiger partial charge in [-0.1, -0.05) is 162 Å². The van der Waals surface area contributed by atoms with Gasteiger partial charge in [-0.2, -0.15) is 0 Å². The number of ether oxygens (including phenoxy) is 2. The van der Waals surface area contributed by atoms with Gasteiger partial charge in [0.05, 0.1) is 19.0 Å². The van der Waals surface area contributed by atoms with Gasteiger partial charge in [0.25, 0.3) is 0 Å². The summed E-state index contributed by atoms with van der Waals surface area (Å²) in [5.41, 5.74) is 0. The normalized spacial score (nSPS) is 13.4. The maximum absolute atomic E-state index is 12.4. The fourth-order valence-electron chi connectivity index (χ4n) is 5.42. The van der Waals surface area contributed by atoms with Crippen LogP contribution in [0.3, 0.4) is 0 Å². The monoisotopic (exact) mass is 676 g/mol. The first-order chi connectivity index (χ1) is 22.3. The first kappa shape index (κ1) is 45.1. The fraction of sp³-hybridized carbons (Fsp3) is 0.919. The van der Waals surface area contributed by atoms with Crippen LogP contribution in [0.15, 0.2) is 12.3 Å². The van der Waals surface area contributed by atoms with Crippen LogP contribution in [-0.4, -0.2) is 50.4 Å². The number of rotatable bonds is 37. The molecule has 2 atom stereocenters. The lowest BCUT2D eigenvalue weighted by Gasteiger charge is -2.22. The number of phosphoric ester groups is 1. The van der Waals surface area contributed by atoms with E-state index in [9.17, 15) is 14.3 Å². The van der Waals surface area contributed by atoms with Crippen molar-refractivity contribution in [2.45, 2.75) is 187 Å². The lowest BCUT2D eigenvalue weighted by Crippen LogP contribution is -2.27. The van der Waals surface area contributed by atoms with Gasteiger partial charge in [-0.05, 0) is 19.9 Å². The average molecular weight is 676 g/mol. The molecule has 0 amide bonds. The van der Waals surface area contributed by atoms with Crippen LogP contribution in [0.5, 0.6) is 0 Å². The molecule has 0 fully saturated rings. The first-order valence-corrected chi connectivity index (χ1v) is 20.6. The third-order valence-electron chi connectivity index (χ3n) is 8.34. The highest BCUT2D eigenvalue weighted by atomic mass is 31.2. The fourth-order valence-corrected chi connectivity index (χ4v) is 6.17. The van der Waals surface area contributed by atoms with E-state index in [4.69, 9.17) is 18.5 Å². The van der Waals surface area contributed by atoms with E-state index >= 15 is 0 Å². The Morgan fingerprint density at radius 3 is 1.50 bits per heavy atom. The zero-order valence-electron chi connectivity index (χ0n) is 30.3. The number of carbonyl (C=O) groups excluding carboxylic acids is 1. The smallest absolute Gasteiger partial charge is 0.472 e. The quantitative estimate of drug-likeness (QED) is 0.0290. The second-order valence-electron chi connectivity index (χ2n) is 12.9. The average Bonchev–Trinajstić information content (AvgIpc) is 3.03. The van der Waals surface area contributed by atoms with E-state index in [0.717, 1.165) is 32.1 Å². The highest BCUT2D eigenvalue weighted by Crippen LogP contribution is 2.43. The molecule has 274 valence electrons. The van der Waals surface area contributed by atoms with Crippen molar-refractivity contribution in [2.24, 2.45) is 0 Å². The van der Waals surface area contributed by atoms with E-state index in [2.05, 4.69) is 25.7 Å². The van der Waals surface area contributed by atoms with E-state index < -0.39 is 13.9 Å². The van der Waals surface area contributed by atoms with Gasteiger partial charge in [-0.15, -0.1) is 0 Å². The Morgan fingerprint density at radius 1 is 0.652 bits per heavy atom. The molecule has 0 aliphatic carbocycles. The SMILES string of the molecule is C=C(CCCCCCCCCCCCC)OC(COC(=O)CCCCCCCCCCCCCCC)COP(=O)(O)OCCNC. The largest absolute Gasteiger partial charge is 0.489 e. The number of esters is 1. The van der Waals surface area contributed by atoms with Crippen molar-refractivity contribution in [3.8, 4) is 0 Å². The molecule has 0 saturated carbocycles. The summed E-state index contributed by atoms with van der Waals surface area (Å²) in [5.74, 6) is 0.283. The molecule has 0 bridgehead atoms. The highest BCUT2D eigenvalue weighted by Gasteiger charge is 2.25. The summed E-state index contributed by atoms with van der Waals surface area (Å²) in [6.07, 6.45) is 30.4. The molecule has 0 radical (unpaired) electrons. The van der Waals surface area contributed by atoms with Gasteiger partial charge in [-0.25, -0.2) is 4.57 Å². The van der Waals surface area contributed by atoms with Gasteiger partial charge < -0.3 is 19.7 Å². The van der Waals surface area contributed by atoms with Crippen molar-refractivity contribution in [1.29, 1.82) is 0 Å². The number of nitrogens with one attached hydrogen (secondary N) is 1. The van der Waals surface area contributed by atoms with Gasteiger partial charge in [0, 0.05) is 19.4 Å². The van der Waals surface area contributed by atoms with Crippen molar-refractivity contribution in [3.63, 3.8) is 0 Å². The third-order valence-corrected chi connectivity index (χ3v) is 9.32. The minimum absolute atomic E-state index is 0.0372. The molecule has 9 heteroatoms. The molecule has 0 aromatic carbocycles. The van der Waals surface area contributed by atoms with Crippen LogP contribution >= 0.6 is 7.82 Å². The van der Waals surface area contributed by atoms with Crippen LogP contribution in [0, 0.1) is 0 Å². The Balaban J connectivity index is 4.26. The Kier molecular flexibility index (Phi) is 33.3. The number of phosphoric acid groups is 1. The number of carbonyl (C=O) groups is 1. The second kappa shape index (κ2) is 34.0. The summed E-state index contributed by atoms with van der Waals surface area (Å²) in [4.78, 5) is 22.4. The molecule has 0 aliphatic heterocycles. The van der Waals surface area contributed by atoms with Crippen LogP contribution in [0.1, 0.15) is 181 Å². The molecule has 2 N–H and O–H groups in total. The van der Waals surface area contributed by atoms with Gasteiger partial charge in [-0.3, -0.25) is 13.8 Å². The van der Waals surface area contributed by atoms with E-state index in [0.29, 0.717) is 25.1 Å². The van der Waals surface area contributed by atoms with E-state index in [1.165, 1.54) is 122 Å². The molecule has 0 spiro atoms. The van der Waals surface area contributed by atoms with Crippen LogP contribution in [0.2, 0.25) is 0 Å². The van der Waals surface area contributed by atoms with Crippen molar-refractivity contribution in [2.75, 3.05) is 33.4 Å². The zero-order valence-corrected chi connectivity index (χ0v) is 31.2. The summed E-state index contributed by atoms with van der Waals surface area (Å²) in [6, 6.07) is 0. The minimum atomic E-state index is -4.25. The van der Waals surface area contributed by atoms with Crippen molar-refractivity contribution >= 4 is 13.8 Å². The molecule has 0 aromatic heterocycles. The molecule has 0 aromatic rings. The predicted molar refractivity (Wildman–Crippen MR) is 192 cm³/mol. The summed E-state index contributed by atoms with van der Waals surface area (Å²) < 4.78 is 33.8. The molecule has 0 aliphatic rings. The lowest BCUT2D eigenvalue weighted by molar-refractivity contribution is -0.147. The van der Waals surface area contributed by atoms with E-state index in [-0.39, 0.29) is 25.8 Å². The lowest BCUT2D eigenvalue weighted by atomic mass is 10.0. The number of allylic oxidation sites excluding steroid dienone is 1. The molecule has 46 heavy (non-hydrogen) atoms. The highest BCUT2D eigenvalue weighted by molar-refractivity contribution is 7.47. The molecule has 0 heterocycles. The summed E-state index contributed by atoms with van der Waals surface area (Å²) in [5, 5.41) is 2.85. The topological polar surface area (TPSA) is 103 Å². The van der Waals surface area contributed by atoms with Gasteiger partial charge in [0.1, 0.15) is 6.61 Å². The van der Waals surface area contributed by atoms with Crippen molar-refractivity contribution < 1.29 is 32.8 Å². The van der Waals surface area contributed by atoms with Crippen LogP contribution < -0.4 is 5.32 Å². The van der Waals surface area contributed by atoms with Crippen LogP contribution in [0.4, 0.5) is 0 Å². The first-order valence-electron chi connectivity index (χ1n) is 19.1. The minimum Gasteiger partial charge on any atom is -0.489 e. The van der Waals surface area contributed by atoms with Crippen molar-refractivity contribution in [3.05, 3.63) is 12.3 Å². The molecule has 0 rings (SSSR count). The summed E-state index contributed by atoms with van der Waals surface area (Å²) in [6.45, 7) is 8.69. The molecular formula is C37H74NO7P. The number of hydrogen-bond donors (Lipinski definition) is 2. The third kappa shape index (κ3) is 33.0. The molecular weight excluding hydrogens is 601 g/mol. The number of unbranched alkanes of at least 4 members (excludes halogenated alkanes) is 22. The molecule has 8 nitrogen and oxygen atoms in total. The Labute approximate surface area is 284 Å². The standard InChI is InChI=1S/C37H74NO7P/c1-5-7-9-11-13-15-17-18-20-22-24-26-28-30-37(39)42-33-36(34-44-46(40,41)43-32-31-38-4)45-35(3)29-27-25-23-21-19-16-14-12-10-8-6-2/h36,38H,3,5-34H2,1-2,4H3,(H,40,41). The number of hydrogen-bond acceptors (Lipinski definition) is 7. The molecule has 0 saturated heterocycles. The maximum Gasteiger partial charge on any atom is 0.472 e. The van der Waals surface area contributed by atoms with Gasteiger partial charge in [0.2, 0.25) is 0 Å². The Bertz CT molecular complexity index is 737. The van der Waals surface area contributed by atoms with E-state index in [1.807, 2.05) is 0 Å². The van der Waals surface area contributed by atoms with Crippen LogP contribution in [0.25, 0.3) is 0 Å². The van der Waals surface area contributed by atoms with Crippen LogP contribution in [-0.2, 0) is 27.9 Å². The van der Waals surface area contributed by atoms with Gasteiger partial charge >= 0.3 is 13.8 Å². The Morgan fingerprint density at radius 2 is 1.07 bits per heavy atom. The second-order valence-corrected chi connectivity index (χ2v) is 14.4. The van der Waals surface area contributed by atoms with Gasteiger partial charge in [0.15, 0.2) is 6.10 Å². The predicted octanol–water partition coefficient (Wildman–Crippen LogP) is 11.0. The summed E-state index contributed by atoms with van der Waals surface area (Å²) >= 11 is 0. The Hall–Kier alpha value is -0.920.